The topological polar surface area (TPSA) is 83.0 Å². The Morgan fingerprint density at radius 1 is 1.17 bits per heavy atom. The van der Waals surface area contributed by atoms with E-state index in [1.165, 1.54) is 17.8 Å². The van der Waals surface area contributed by atoms with Gasteiger partial charge in [0, 0.05) is 22.2 Å². The van der Waals surface area contributed by atoms with Gasteiger partial charge in [-0.05, 0) is 59.2 Å². The number of thioether (sulfide) groups is 1. The zero-order valence-corrected chi connectivity index (χ0v) is 18.0. The number of fused-ring (bicyclic) bond motifs is 1. The molecular formula is C21H19ClN4O3S. The summed E-state index contributed by atoms with van der Waals surface area (Å²) in [4.78, 5) is 12.1. The van der Waals surface area contributed by atoms with E-state index in [1.807, 2.05) is 50.2 Å². The average molecular weight is 443 g/mol. The molecule has 0 saturated carbocycles. The predicted octanol–water partition coefficient (Wildman–Crippen LogP) is 4.68. The molecule has 2 aromatic heterocycles. The Morgan fingerprint density at radius 3 is 2.80 bits per heavy atom. The van der Waals surface area contributed by atoms with Crippen LogP contribution in [-0.4, -0.2) is 26.8 Å². The quantitative estimate of drug-likeness (QED) is 0.303. The third kappa shape index (κ3) is 4.06. The SMILES string of the molecule is CCOc1ccccc1-n1nnnc1SCc1cc(=O)oc2cc(CC)c(Cl)cc12. The van der Waals surface area contributed by atoms with Gasteiger partial charge in [-0.1, -0.05) is 42.4 Å². The fourth-order valence-electron chi connectivity index (χ4n) is 3.15. The van der Waals surface area contributed by atoms with Crippen LogP contribution in [0.2, 0.25) is 5.02 Å². The van der Waals surface area contributed by atoms with E-state index < -0.39 is 5.63 Å². The first-order valence-electron chi connectivity index (χ1n) is 9.49. The minimum Gasteiger partial charge on any atom is -0.492 e. The van der Waals surface area contributed by atoms with Gasteiger partial charge in [-0.15, -0.1) is 5.10 Å². The highest BCUT2D eigenvalue weighted by Crippen LogP contribution is 2.31. The first-order valence-corrected chi connectivity index (χ1v) is 10.9. The molecule has 0 bridgehead atoms. The number of aryl methyl sites for hydroxylation is 1. The molecule has 0 radical (unpaired) electrons. The number of hydrogen-bond acceptors (Lipinski definition) is 7. The normalized spacial score (nSPS) is 11.2. The Balaban J connectivity index is 1.68. The number of nitrogens with zero attached hydrogens (tertiary/aromatic N) is 4. The molecule has 7 nitrogen and oxygen atoms in total. The summed E-state index contributed by atoms with van der Waals surface area (Å²) in [6, 6.07) is 12.7. The predicted molar refractivity (Wildman–Crippen MR) is 117 cm³/mol. The molecule has 0 amide bonds. The molecule has 0 unspecified atom stereocenters. The van der Waals surface area contributed by atoms with Gasteiger partial charge in [0.15, 0.2) is 0 Å². The van der Waals surface area contributed by atoms with Crippen LogP contribution in [0.25, 0.3) is 16.7 Å². The minimum atomic E-state index is -0.399. The number of benzene rings is 2. The van der Waals surface area contributed by atoms with E-state index in [2.05, 4.69) is 15.5 Å². The fourth-order valence-corrected chi connectivity index (χ4v) is 4.32. The summed E-state index contributed by atoms with van der Waals surface area (Å²) in [5.74, 6) is 1.17. The maximum atomic E-state index is 12.1. The molecule has 4 rings (SSSR count). The highest BCUT2D eigenvalue weighted by molar-refractivity contribution is 7.98. The molecular weight excluding hydrogens is 424 g/mol. The van der Waals surface area contributed by atoms with Gasteiger partial charge in [0.25, 0.3) is 0 Å². The van der Waals surface area contributed by atoms with Crippen LogP contribution in [0.3, 0.4) is 0 Å². The molecule has 0 saturated heterocycles. The summed E-state index contributed by atoms with van der Waals surface area (Å²) in [6.07, 6.45) is 0.755. The first-order chi connectivity index (χ1) is 14.6. The van der Waals surface area contributed by atoms with Gasteiger partial charge in [-0.2, -0.15) is 4.68 Å². The molecule has 0 aliphatic rings. The molecule has 4 aromatic rings. The van der Waals surface area contributed by atoms with E-state index in [0.29, 0.717) is 33.9 Å². The summed E-state index contributed by atoms with van der Waals surface area (Å²) in [7, 11) is 0. The van der Waals surface area contributed by atoms with Gasteiger partial charge in [-0.3, -0.25) is 0 Å². The van der Waals surface area contributed by atoms with Crippen molar-refractivity contribution in [3.63, 3.8) is 0 Å². The molecule has 0 aliphatic carbocycles. The molecule has 2 heterocycles. The van der Waals surface area contributed by atoms with Crippen LogP contribution in [0.4, 0.5) is 0 Å². The standard InChI is InChI=1S/C21H19ClN4O3S/c1-3-13-9-19-15(11-16(13)22)14(10-20(27)29-19)12-30-21-23-24-25-26(21)17-7-5-6-8-18(17)28-4-2/h5-11H,3-4,12H2,1-2H3. The lowest BCUT2D eigenvalue weighted by Gasteiger charge is -2.11. The maximum absolute atomic E-state index is 12.1. The van der Waals surface area contributed by atoms with Crippen LogP contribution in [-0.2, 0) is 12.2 Å². The molecule has 0 atom stereocenters. The summed E-state index contributed by atoms with van der Waals surface area (Å²) in [5.41, 5.74) is 2.63. The van der Waals surface area contributed by atoms with Gasteiger partial charge in [-0.25, -0.2) is 4.79 Å². The van der Waals surface area contributed by atoms with Crippen LogP contribution >= 0.6 is 23.4 Å². The van der Waals surface area contributed by atoms with E-state index in [4.69, 9.17) is 20.8 Å². The monoisotopic (exact) mass is 442 g/mol. The van der Waals surface area contributed by atoms with Crippen LogP contribution in [0.5, 0.6) is 5.75 Å². The molecule has 0 N–H and O–H groups in total. The Bertz CT molecular complexity index is 1250. The Morgan fingerprint density at radius 2 is 2.00 bits per heavy atom. The summed E-state index contributed by atoms with van der Waals surface area (Å²) < 4.78 is 12.7. The number of hydrogen-bond donors (Lipinski definition) is 0. The van der Waals surface area contributed by atoms with Crippen molar-refractivity contribution in [3.05, 3.63) is 69.0 Å². The first kappa shape index (κ1) is 20.4. The van der Waals surface area contributed by atoms with Gasteiger partial charge >= 0.3 is 5.63 Å². The molecule has 0 aliphatic heterocycles. The Kier molecular flexibility index (Phi) is 6.06. The second kappa shape index (κ2) is 8.89. The lowest BCUT2D eigenvalue weighted by atomic mass is 10.1. The smallest absolute Gasteiger partial charge is 0.336 e. The lowest BCUT2D eigenvalue weighted by molar-refractivity contribution is 0.337. The zero-order valence-electron chi connectivity index (χ0n) is 16.5. The van der Waals surface area contributed by atoms with E-state index in [1.54, 1.807) is 4.68 Å². The molecule has 0 fully saturated rings. The van der Waals surface area contributed by atoms with Crippen molar-refractivity contribution < 1.29 is 9.15 Å². The molecule has 154 valence electrons. The molecule has 2 aromatic carbocycles. The second-order valence-electron chi connectivity index (χ2n) is 6.45. The lowest BCUT2D eigenvalue weighted by Crippen LogP contribution is -2.04. The van der Waals surface area contributed by atoms with Crippen molar-refractivity contribution in [1.29, 1.82) is 0 Å². The van der Waals surface area contributed by atoms with Crippen LogP contribution in [0, 0.1) is 0 Å². The second-order valence-corrected chi connectivity index (χ2v) is 7.80. The highest BCUT2D eigenvalue weighted by Gasteiger charge is 2.15. The average Bonchev–Trinajstić information content (AvgIpc) is 3.21. The van der Waals surface area contributed by atoms with Crippen molar-refractivity contribution in [2.45, 2.75) is 31.2 Å². The van der Waals surface area contributed by atoms with Crippen molar-refractivity contribution in [2.75, 3.05) is 6.61 Å². The van der Waals surface area contributed by atoms with Crippen LogP contribution < -0.4 is 10.4 Å². The van der Waals surface area contributed by atoms with Gasteiger partial charge < -0.3 is 9.15 Å². The molecule has 30 heavy (non-hydrogen) atoms. The number of ether oxygens (including phenoxy) is 1. The van der Waals surface area contributed by atoms with Gasteiger partial charge in [0.2, 0.25) is 5.16 Å². The molecule has 9 heteroatoms. The Labute approximate surface area is 182 Å². The third-order valence-corrected chi connectivity index (χ3v) is 5.89. The molecule has 0 spiro atoms. The zero-order chi connectivity index (χ0) is 21.1. The minimum absolute atomic E-state index is 0.399. The number of para-hydroxylation sites is 2. The van der Waals surface area contributed by atoms with Crippen molar-refractivity contribution in [2.24, 2.45) is 0 Å². The highest BCUT2D eigenvalue weighted by atomic mass is 35.5. The van der Waals surface area contributed by atoms with Gasteiger partial charge in [0.1, 0.15) is 17.0 Å². The maximum Gasteiger partial charge on any atom is 0.336 e. The largest absolute Gasteiger partial charge is 0.492 e. The van der Waals surface area contributed by atoms with E-state index in [-0.39, 0.29) is 0 Å². The van der Waals surface area contributed by atoms with E-state index in [0.717, 1.165) is 28.6 Å². The summed E-state index contributed by atoms with van der Waals surface area (Å²) in [6.45, 7) is 4.46. The number of rotatable bonds is 7. The number of halogens is 1. The summed E-state index contributed by atoms with van der Waals surface area (Å²) >= 11 is 7.81. The third-order valence-electron chi connectivity index (χ3n) is 4.57. The fraction of sp³-hybridized carbons (Fsp3) is 0.238. The van der Waals surface area contributed by atoms with Crippen molar-refractivity contribution in [1.82, 2.24) is 20.2 Å². The van der Waals surface area contributed by atoms with Crippen molar-refractivity contribution in [3.8, 4) is 11.4 Å². The van der Waals surface area contributed by atoms with E-state index in [9.17, 15) is 4.79 Å². The van der Waals surface area contributed by atoms with Crippen LogP contribution in [0.1, 0.15) is 25.0 Å². The summed E-state index contributed by atoms with van der Waals surface area (Å²) in [5, 5.41) is 14.1. The number of tetrazole rings is 1. The van der Waals surface area contributed by atoms with Crippen LogP contribution in [0.15, 0.2) is 56.8 Å². The van der Waals surface area contributed by atoms with E-state index >= 15 is 0 Å². The number of aromatic nitrogens is 4. The Hall–Kier alpha value is -2.84. The van der Waals surface area contributed by atoms with Crippen molar-refractivity contribution >= 4 is 34.3 Å². The van der Waals surface area contributed by atoms with Gasteiger partial charge in [0.05, 0.1) is 6.61 Å².